The lowest BCUT2D eigenvalue weighted by Gasteiger charge is -2.34. The molecule has 2 atom stereocenters. The van der Waals surface area contributed by atoms with Crippen LogP contribution in [0.25, 0.3) is 0 Å². The predicted molar refractivity (Wildman–Crippen MR) is 82.6 cm³/mol. The third kappa shape index (κ3) is 3.95. The largest absolute Gasteiger partial charge is 0.495 e. The number of benzene rings is 1. The molecule has 0 radical (unpaired) electrons. The topological polar surface area (TPSA) is 61.8 Å². The van der Waals surface area contributed by atoms with Gasteiger partial charge in [0.2, 0.25) is 5.91 Å². The molecule has 5 heteroatoms. The highest BCUT2D eigenvalue weighted by Gasteiger charge is 2.26. The summed E-state index contributed by atoms with van der Waals surface area (Å²) >= 11 is 0. The zero-order chi connectivity index (χ0) is 15.4. The summed E-state index contributed by atoms with van der Waals surface area (Å²) in [5.41, 5.74) is 1.75. The van der Waals surface area contributed by atoms with Crippen molar-refractivity contribution in [1.29, 1.82) is 0 Å². The Bertz CT molecular complexity index is 504. The number of ether oxygens (including phenoxy) is 1. The first-order chi connectivity index (χ1) is 10.0. The van der Waals surface area contributed by atoms with Crippen molar-refractivity contribution in [3.05, 3.63) is 23.8 Å². The monoisotopic (exact) mass is 292 g/mol. The van der Waals surface area contributed by atoms with E-state index in [1.807, 2.05) is 36.9 Å². The number of hydrogen-bond acceptors (Lipinski definition) is 4. The molecule has 1 saturated heterocycles. The van der Waals surface area contributed by atoms with Crippen LogP contribution >= 0.6 is 0 Å². The van der Waals surface area contributed by atoms with Gasteiger partial charge < -0.3 is 15.2 Å². The number of anilines is 1. The number of nitrogens with one attached hydrogen (secondary N) is 1. The molecule has 1 aromatic carbocycles. The Labute approximate surface area is 125 Å². The van der Waals surface area contributed by atoms with E-state index in [2.05, 4.69) is 5.32 Å². The molecule has 0 bridgehead atoms. The number of aliphatic hydroxyl groups excluding tert-OH is 1. The highest BCUT2D eigenvalue weighted by Crippen LogP contribution is 2.25. The first kappa shape index (κ1) is 15.8. The molecule has 1 aliphatic rings. The normalized spacial score (nSPS) is 20.9. The van der Waals surface area contributed by atoms with E-state index >= 15 is 0 Å². The number of nitrogens with zero attached hydrogens (tertiary/aromatic N) is 1. The van der Waals surface area contributed by atoms with Crippen molar-refractivity contribution in [1.82, 2.24) is 4.90 Å². The number of carbonyl (C=O) groups excluding carboxylic acids is 1. The Morgan fingerprint density at radius 2 is 2.29 bits per heavy atom. The molecule has 2 N–H and O–H groups in total. The Kier molecular flexibility index (Phi) is 5.20. The van der Waals surface area contributed by atoms with Gasteiger partial charge in [0.1, 0.15) is 5.75 Å². The third-order valence-electron chi connectivity index (χ3n) is 3.97. The average molecular weight is 292 g/mol. The summed E-state index contributed by atoms with van der Waals surface area (Å²) in [6.07, 6.45) is 1.41. The molecule has 116 valence electrons. The van der Waals surface area contributed by atoms with Crippen molar-refractivity contribution in [2.45, 2.75) is 38.8 Å². The van der Waals surface area contributed by atoms with E-state index < -0.39 is 0 Å². The SMILES string of the molecule is COc1ccc(C)cc1NC(=O)C(C)N1CCCC(O)C1. The van der Waals surface area contributed by atoms with Crippen LogP contribution in [0.15, 0.2) is 18.2 Å². The Balaban J connectivity index is 2.05. The number of methoxy groups -OCH3 is 1. The van der Waals surface area contributed by atoms with E-state index in [0.717, 1.165) is 24.9 Å². The van der Waals surface area contributed by atoms with E-state index in [-0.39, 0.29) is 18.1 Å². The van der Waals surface area contributed by atoms with Crippen molar-refractivity contribution in [3.8, 4) is 5.75 Å². The molecule has 5 nitrogen and oxygen atoms in total. The summed E-state index contributed by atoms with van der Waals surface area (Å²) < 4.78 is 5.28. The Morgan fingerprint density at radius 1 is 1.52 bits per heavy atom. The summed E-state index contributed by atoms with van der Waals surface area (Å²) in [6.45, 7) is 5.24. The zero-order valence-corrected chi connectivity index (χ0v) is 12.9. The number of likely N-dealkylation sites (tertiary alicyclic amines) is 1. The number of carbonyl (C=O) groups is 1. The number of aliphatic hydroxyl groups is 1. The molecule has 1 fully saturated rings. The third-order valence-corrected chi connectivity index (χ3v) is 3.97. The Morgan fingerprint density at radius 3 is 2.95 bits per heavy atom. The first-order valence-corrected chi connectivity index (χ1v) is 7.39. The molecule has 0 aliphatic carbocycles. The van der Waals surface area contributed by atoms with Gasteiger partial charge in [-0.3, -0.25) is 9.69 Å². The van der Waals surface area contributed by atoms with Gasteiger partial charge in [0.15, 0.2) is 0 Å². The zero-order valence-electron chi connectivity index (χ0n) is 12.9. The molecular formula is C16H24N2O3. The Hall–Kier alpha value is -1.59. The second-order valence-corrected chi connectivity index (χ2v) is 5.66. The van der Waals surface area contributed by atoms with E-state index in [0.29, 0.717) is 18.0 Å². The molecule has 0 spiro atoms. The molecular weight excluding hydrogens is 268 g/mol. The van der Waals surface area contributed by atoms with Crippen LogP contribution in [0.2, 0.25) is 0 Å². The maximum atomic E-state index is 12.4. The van der Waals surface area contributed by atoms with Crippen LogP contribution < -0.4 is 10.1 Å². The lowest BCUT2D eigenvalue weighted by molar-refractivity contribution is -0.121. The van der Waals surface area contributed by atoms with E-state index in [4.69, 9.17) is 4.74 Å². The van der Waals surface area contributed by atoms with Crippen molar-refractivity contribution in [2.24, 2.45) is 0 Å². The molecule has 2 unspecified atom stereocenters. The molecule has 21 heavy (non-hydrogen) atoms. The van der Waals surface area contributed by atoms with Crippen LogP contribution in [-0.4, -0.2) is 48.3 Å². The lowest BCUT2D eigenvalue weighted by Crippen LogP contribution is -2.48. The number of rotatable bonds is 4. The van der Waals surface area contributed by atoms with Gasteiger partial charge in [-0.1, -0.05) is 6.07 Å². The van der Waals surface area contributed by atoms with Gasteiger partial charge in [-0.25, -0.2) is 0 Å². The average Bonchev–Trinajstić information content (AvgIpc) is 2.46. The van der Waals surface area contributed by atoms with E-state index in [9.17, 15) is 9.90 Å². The smallest absolute Gasteiger partial charge is 0.241 e. The highest BCUT2D eigenvalue weighted by molar-refractivity contribution is 5.95. The predicted octanol–water partition coefficient (Wildman–Crippen LogP) is 1.79. The summed E-state index contributed by atoms with van der Waals surface area (Å²) in [7, 11) is 1.59. The fourth-order valence-corrected chi connectivity index (χ4v) is 2.66. The van der Waals surface area contributed by atoms with Gasteiger partial charge in [-0.05, 0) is 50.9 Å². The molecule has 0 aromatic heterocycles. The van der Waals surface area contributed by atoms with Crippen molar-refractivity contribution < 1.29 is 14.6 Å². The van der Waals surface area contributed by atoms with Gasteiger partial charge in [0, 0.05) is 6.54 Å². The van der Waals surface area contributed by atoms with Gasteiger partial charge >= 0.3 is 0 Å². The number of β-amino-alcohol motifs (C(OH)–C–C–N with tert-alkyl or cyclic N) is 1. The number of hydrogen-bond donors (Lipinski definition) is 2. The summed E-state index contributed by atoms with van der Waals surface area (Å²) in [4.78, 5) is 14.4. The van der Waals surface area contributed by atoms with Gasteiger partial charge in [0.25, 0.3) is 0 Å². The minimum Gasteiger partial charge on any atom is -0.495 e. The summed E-state index contributed by atoms with van der Waals surface area (Å²) in [5, 5.41) is 12.7. The maximum Gasteiger partial charge on any atom is 0.241 e. The molecule has 1 aromatic rings. The second-order valence-electron chi connectivity index (χ2n) is 5.66. The standard InChI is InChI=1S/C16H24N2O3/c1-11-6-7-15(21-3)14(9-11)17-16(20)12(2)18-8-4-5-13(19)10-18/h6-7,9,12-13,19H,4-5,8,10H2,1-3H3,(H,17,20). The fourth-order valence-electron chi connectivity index (χ4n) is 2.66. The van der Waals surface area contributed by atoms with Crippen LogP contribution in [0.1, 0.15) is 25.3 Å². The number of amides is 1. The van der Waals surface area contributed by atoms with Gasteiger partial charge in [-0.15, -0.1) is 0 Å². The minimum absolute atomic E-state index is 0.0759. The molecule has 2 rings (SSSR count). The number of aryl methyl sites for hydroxylation is 1. The highest BCUT2D eigenvalue weighted by atomic mass is 16.5. The number of piperidine rings is 1. The van der Waals surface area contributed by atoms with Crippen LogP contribution in [0.3, 0.4) is 0 Å². The summed E-state index contributed by atoms with van der Waals surface area (Å²) in [6, 6.07) is 5.42. The van der Waals surface area contributed by atoms with Crippen LogP contribution in [0.5, 0.6) is 5.75 Å². The van der Waals surface area contributed by atoms with Crippen LogP contribution in [0.4, 0.5) is 5.69 Å². The molecule has 0 saturated carbocycles. The summed E-state index contributed by atoms with van der Waals surface area (Å²) in [5.74, 6) is 0.577. The van der Waals surface area contributed by atoms with E-state index in [1.165, 1.54) is 0 Å². The molecule has 1 aliphatic heterocycles. The maximum absolute atomic E-state index is 12.4. The van der Waals surface area contributed by atoms with E-state index in [1.54, 1.807) is 7.11 Å². The van der Waals surface area contributed by atoms with Crippen molar-refractivity contribution in [2.75, 3.05) is 25.5 Å². The fraction of sp³-hybridized carbons (Fsp3) is 0.562. The quantitative estimate of drug-likeness (QED) is 0.888. The van der Waals surface area contributed by atoms with Crippen molar-refractivity contribution in [3.63, 3.8) is 0 Å². The van der Waals surface area contributed by atoms with Crippen molar-refractivity contribution >= 4 is 11.6 Å². The molecule has 1 heterocycles. The van der Waals surface area contributed by atoms with Crippen LogP contribution in [-0.2, 0) is 4.79 Å². The minimum atomic E-state index is -0.331. The first-order valence-electron chi connectivity index (χ1n) is 7.39. The molecule has 1 amide bonds. The van der Waals surface area contributed by atoms with Gasteiger partial charge in [-0.2, -0.15) is 0 Å². The second kappa shape index (κ2) is 6.91. The van der Waals surface area contributed by atoms with Crippen LogP contribution in [0, 0.1) is 6.92 Å². The van der Waals surface area contributed by atoms with Gasteiger partial charge in [0.05, 0.1) is 24.9 Å². The lowest BCUT2D eigenvalue weighted by atomic mass is 10.1.